The lowest BCUT2D eigenvalue weighted by Gasteiger charge is -2.22. The standard InChI is InChI=1S/C24H22F3N7O3S/c1-36-15-8-14-20(31-21(15)32-22(35)23(5-6-23)24(25,26)27)19(30-11-29-14)13-10-34(17-4-2-3-7-37-17)33-18(13)16-9-28-12-38-16/h8-12,17H,2-7H2,1H3,(H,31,32,35). The molecule has 1 aliphatic carbocycles. The zero-order valence-electron chi connectivity index (χ0n) is 20.2. The van der Waals surface area contributed by atoms with Crippen molar-refractivity contribution in [1.82, 2.24) is 29.7 Å². The smallest absolute Gasteiger partial charge is 0.403 e. The highest BCUT2D eigenvalue weighted by atomic mass is 32.1. The number of aromatic nitrogens is 6. The lowest BCUT2D eigenvalue weighted by atomic mass is 10.1. The molecule has 2 aliphatic rings. The first kappa shape index (κ1) is 24.7. The van der Waals surface area contributed by atoms with Gasteiger partial charge in [-0.25, -0.2) is 19.6 Å². The Labute approximate surface area is 218 Å². The van der Waals surface area contributed by atoms with Crippen LogP contribution in [0.1, 0.15) is 38.3 Å². The van der Waals surface area contributed by atoms with Gasteiger partial charge in [-0.15, -0.1) is 11.3 Å². The molecule has 10 nitrogen and oxygen atoms in total. The highest BCUT2D eigenvalue weighted by molar-refractivity contribution is 7.13. The highest BCUT2D eigenvalue weighted by Crippen LogP contribution is 2.58. The van der Waals surface area contributed by atoms with E-state index in [0.29, 0.717) is 29.1 Å². The summed E-state index contributed by atoms with van der Waals surface area (Å²) in [4.78, 5) is 30.9. The zero-order valence-corrected chi connectivity index (χ0v) is 21.0. The van der Waals surface area contributed by atoms with Crippen molar-refractivity contribution < 1.29 is 27.4 Å². The van der Waals surface area contributed by atoms with Crippen molar-refractivity contribution in [3.8, 4) is 27.6 Å². The van der Waals surface area contributed by atoms with Crippen LogP contribution < -0.4 is 10.1 Å². The van der Waals surface area contributed by atoms with E-state index in [1.807, 2.05) is 6.20 Å². The van der Waals surface area contributed by atoms with Gasteiger partial charge in [0.2, 0.25) is 5.91 Å². The van der Waals surface area contributed by atoms with Crippen LogP contribution >= 0.6 is 11.3 Å². The van der Waals surface area contributed by atoms with Crippen LogP contribution in [0.3, 0.4) is 0 Å². The minimum Gasteiger partial charge on any atom is -0.493 e. The molecule has 4 aromatic heterocycles. The van der Waals surface area contributed by atoms with Gasteiger partial charge in [0.15, 0.2) is 11.6 Å². The highest BCUT2D eigenvalue weighted by Gasteiger charge is 2.68. The lowest BCUT2D eigenvalue weighted by molar-refractivity contribution is -0.189. The van der Waals surface area contributed by atoms with Crippen molar-refractivity contribution in [2.24, 2.45) is 5.41 Å². The second-order valence-corrected chi connectivity index (χ2v) is 10.1. The van der Waals surface area contributed by atoms with E-state index >= 15 is 0 Å². The number of alkyl halides is 3. The number of nitrogens with one attached hydrogen (secondary N) is 1. The Kier molecular flexibility index (Phi) is 6.02. The number of ether oxygens (including phenoxy) is 2. The number of pyridine rings is 1. The topological polar surface area (TPSA) is 117 Å². The lowest BCUT2D eigenvalue weighted by Crippen LogP contribution is -2.37. The minimum atomic E-state index is -4.66. The molecule has 1 saturated carbocycles. The fourth-order valence-electron chi connectivity index (χ4n) is 4.56. The molecular formula is C24H22F3N7O3S. The molecule has 2 fully saturated rings. The number of carbonyl (C=O) groups excluding carboxylic acids is 1. The van der Waals surface area contributed by atoms with Gasteiger partial charge in [0.1, 0.15) is 34.9 Å². The average Bonchev–Trinajstić information content (AvgIpc) is 3.37. The van der Waals surface area contributed by atoms with Gasteiger partial charge in [-0.05, 0) is 32.1 Å². The van der Waals surface area contributed by atoms with Crippen LogP contribution in [-0.4, -0.2) is 55.5 Å². The Morgan fingerprint density at radius 1 is 1.26 bits per heavy atom. The van der Waals surface area contributed by atoms with Gasteiger partial charge in [-0.1, -0.05) is 0 Å². The maximum atomic E-state index is 13.5. The monoisotopic (exact) mass is 545 g/mol. The summed E-state index contributed by atoms with van der Waals surface area (Å²) in [6.07, 6.45) is 2.24. The molecule has 38 heavy (non-hydrogen) atoms. The van der Waals surface area contributed by atoms with Gasteiger partial charge in [-0.2, -0.15) is 18.3 Å². The van der Waals surface area contributed by atoms with Crippen molar-refractivity contribution in [3.05, 3.63) is 30.3 Å². The number of halogens is 3. The molecule has 0 spiro atoms. The summed E-state index contributed by atoms with van der Waals surface area (Å²) in [5.74, 6) is -1.22. The zero-order chi connectivity index (χ0) is 26.5. The molecule has 14 heteroatoms. The molecule has 5 heterocycles. The molecule has 1 saturated heterocycles. The summed E-state index contributed by atoms with van der Waals surface area (Å²) in [6, 6.07) is 1.51. The Morgan fingerprint density at radius 3 is 2.76 bits per heavy atom. The van der Waals surface area contributed by atoms with E-state index in [0.717, 1.165) is 24.1 Å². The molecule has 198 valence electrons. The van der Waals surface area contributed by atoms with Crippen LogP contribution in [0.15, 0.2) is 30.3 Å². The number of anilines is 1. The van der Waals surface area contributed by atoms with Crippen LogP contribution in [0, 0.1) is 5.41 Å². The fraction of sp³-hybridized carbons (Fsp3) is 0.417. The van der Waals surface area contributed by atoms with E-state index in [2.05, 4.69) is 25.3 Å². The number of carbonyl (C=O) groups is 1. The Hall–Kier alpha value is -3.65. The number of rotatable bonds is 6. The number of nitrogens with zero attached hydrogens (tertiary/aromatic N) is 6. The third kappa shape index (κ3) is 4.17. The molecule has 0 bridgehead atoms. The van der Waals surface area contributed by atoms with Gasteiger partial charge in [0.25, 0.3) is 0 Å². The van der Waals surface area contributed by atoms with Gasteiger partial charge < -0.3 is 14.8 Å². The molecule has 0 radical (unpaired) electrons. The largest absolute Gasteiger partial charge is 0.493 e. The first-order valence-corrected chi connectivity index (χ1v) is 12.9. The number of methoxy groups -OCH3 is 1. The molecule has 1 unspecified atom stereocenters. The predicted molar refractivity (Wildman–Crippen MR) is 131 cm³/mol. The molecule has 6 rings (SSSR count). The number of hydrogen-bond acceptors (Lipinski definition) is 9. The first-order chi connectivity index (χ1) is 18.3. The quantitative estimate of drug-likeness (QED) is 0.360. The van der Waals surface area contributed by atoms with Crippen molar-refractivity contribution >= 4 is 34.1 Å². The van der Waals surface area contributed by atoms with Gasteiger partial charge in [-0.3, -0.25) is 9.78 Å². The predicted octanol–water partition coefficient (Wildman–Crippen LogP) is 5.00. The Bertz CT molecular complexity index is 1500. The van der Waals surface area contributed by atoms with Crippen LogP contribution in [-0.2, 0) is 9.53 Å². The normalized spacial score (nSPS) is 18.9. The Balaban J connectivity index is 1.46. The minimum absolute atomic E-state index is 0.0856. The summed E-state index contributed by atoms with van der Waals surface area (Å²) in [5.41, 5.74) is 1.58. The maximum Gasteiger partial charge on any atom is 0.403 e. The Morgan fingerprint density at radius 2 is 2.11 bits per heavy atom. The molecule has 1 N–H and O–H groups in total. The van der Waals surface area contributed by atoms with E-state index in [1.165, 1.54) is 30.8 Å². The third-order valence-electron chi connectivity index (χ3n) is 6.86. The second-order valence-electron chi connectivity index (χ2n) is 9.22. The van der Waals surface area contributed by atoms with Crippen molar-refractivity contribution in [3.63, 3.8) is 0 Å². The van der Waals surface area contributed by atoms with Crippen LogP contribution in [0.5, 0.6) is 5.75 Å². The summed E-state index contributed by atoms with van der Waals surface area (Å²) in [6.45, 7) is 0.635. The number of amides is 1. The molecular weight excluding hydrogens is 523 g/mol. The van der Waals surface area contributed by atoms with Crippen LogP contribution in [0.2, 0.25) is 0 Å². The fourth-order valence-corrected chi connectivity index (χ4v) is 5.18. The van der Waals surface area contributed by atoms with Gasteiger partial charge >= 0.3 is 6.18 Å². The molecule has 1 aliphatic heterocycles. The van der Waals surface area contributed by atoms with E-state index in [9.17, 15) is 18.0 Å². The van der Waals surface area contributed by atoms with Crippen molar-refractivity contribution in [2.75, 3.05) is 19.0 Å². The molecule has 4 aromatic rings. The first-order valence-electron chi connectivity index (χ1n) is 12.0. The maximum absolute atomic E-state index is 13.5. The van der Waals surface area contributed by atoms with Crippen molar-refractivity contribution in [1.29, 1.82) is 0 Å². The molecule has 0 aromatic carbocycles. The van der Waals surface area contributed by atoms with Gasteiger partial charge in [0, 0.05) is 30.6 Å². The summed E-state index contributed by atoms with van der Waals surface area (Å²) < 4.78 is 53.6. The molecule has 1 amide bonds. The van der Waals surface area contributed by atoms with Crippen molar-refractivity contribution in [2.45, 2.75) is 44.5 Å². The molecule has 1 atom stereocenters. The van der Waals surface area contributed by atoms with Gasteiger partial charge in [0.05, 0.1) is 23.0 Å². The number of hydrogen-bond donors (Lipinski definition) is 1. The third-order valence-corrected chi connectivity index (χ3v) is 7.64. The van der Waals surface area contributed by atoms with E-state index in [4.69, 9.17) is 14.6 Å². The van der Waals surface area contributed by atoms with E-state index < -0.39 is 17.5 Å². The summed E-state index contributed by atoms with van der Waals surface area (Å²) in [7, 11) is 1.34. The van der Waals surface area contributed by atoms with Crippen LogP contribution in [0.25, 0.3) is 32.9 Å². The summed E-state index contributed by atoms with van der Waals surface area (Å²) in [5, 5.41) is 7.13. The van der Waals surface area contributed by atoms with E-state index in [-0.39, 0.29) is 36.2 Å². The van der Waals surface area contributed by atoms with Crippen LogP contribution in [0.4, 0.5) is 19.0 Å². The number of fused-ring (bicyclic) bond motifs is 1. The number of thiazole rings is 1. The SMILES string of the molecule is COc1cc2ncnc(-c3cn(C4CCCCO4)nc3-c3cncs3)c2nc1NC(=O)C1(C(F)(F)F)CC1. The van der Waals surface area contributed by atoms with E-state index in [1.54, 1.807) is 16.4 Å². The summed E-state index contributed by atoms with van der Waals surface area (Å²) >= 11 is 1.40. The second kappa shape index (κ2) is 9.27. The average molecular weight is 546 g/mol.